The maximum atomic E-state index is 12.3. The number of hydrogen-bond donors (Lipinski definition) is 1. The fourth-order valence-corrected chi connectivity index (χ4v) is 4.65. The SMILES string of the molecule is COc1ccc(Br)cc1NS(=O)(=O)c1cc(C)c(Cl)s1. The molecule has 0 bridgehead atoms. The van der Waals surface area contributed by atoms with Crippen LogP contribution in [0.15, 0.2) is 32.9 Å². The van der Waals surface area contributed by atoms with Crippen LogP contribution in [-0.2, 0) is 10.0 Å². The van der Waals surface area contributed by atoms with Gasteiger partial charge in [-0.2, -0.15) is 0 Å². The Bertz CT molecular complexity index is 724. The molecule has 0 radical (unpaired) electrons. The number of thiophene rings is 1. The van der Waals surface area contributed by atoms with Gasteiger partial charge >= 0.3 is 0 Å². The van der Waals surface area contributed by atoms with E-state index in [2.05, 4.69) is 20.7 Å². The van der Waals surface area contributed by atoms with E-state index >= 15 is 0 Å². The van der Waals surface area contributed by atoms with E-state index in [0.29, 0.717) is 15.8 Å². The first-order valence-corrected chi connectivity index (χ1v) is 8.93. The van der Waals surface area contributed by atoms with Crippen LogP contribution in [0.25, 0.3) is 0 Å². The second-order valence-electron chi connectivity index (χ2n) is 3.97. The molecule has 4 nitrogen and oxygen atoms in total. The third-order valence-corrected chi connectivity index (χ3v) is 6.39. The van der Waals surface area contributed by atoms with Crippen LogP contribution in [0.5, 0.6) is 5.75 Å². The van der Waals surface area contributed by atoms with Crippen molar-refractivity contribution in [2.24, 2.45) is 0 Å². The molecule has 0 saturated carbocycles. The maximum absolute atomic E-state index is 12.3. The summed E-state index contributed by atoms with van der Waals surface area (Å²) in [7, 11) is -2.20. The fraction of sp³-hybridized carbons (Fsp3) is 0.167. The molecule has 1 aromatic heterocycles. The standard InChI is InChI=1S/C12H11BrClNO3S2/c1-7-5-11(19-12(7)14)20(16,17)15-9-6-8(13)3-4-10(9)18-2/h3-6,15H,1-2H3. The van der Waals surface area contributed by atoms with Gasteiger partial charge in [0.1, 0.15) is 9.96 Å². The third-order valence-electron chi connectivity index (χ3n) is 2.51. The Hall–Kier alpha value is -0.760. The summed E-state index contributed by atoms with van der Waals surface area (Å²) in [6, 6.07) is 6.62. The summed E-state index contributed by atoms with van der Waals surface area (Å²) in [6.45, 7) is 1.76. The predicted octanol–water partition coefficient (Wildman–Crippen LogP) is 4.28. The van der Waals surface area contributed by atoms with Crippen molar-refractivity contribution in [3.05, 3.63) is 38.6 Å². The van der Waals surface area contributed by atoms with Gasteiger partial charge in [0.25, 0.3) is 10.0 Å². The molecule has 0 aliphatic rings. The molecule has 0 amide bonds. The summed E-state index contributed by atoms with van der Waals surface area (Å²) in [4.78, 5) is 0. The molecule has 2 aromatic rings. The van der Waals surface area contributed by atoms with Gasteiger partial charge in [0, 0.05) is 4.47 Å². The normalized spacial score (nSPS) is 11.4. The lowest BCUT2D eigenvalue weighted by molar-refractivity contribution is 0.417. The molecule has 0 unspecified atom stereocenters. The molecule has 108 valence electrons. The van der Waals surface area contributed by atoms with Crippen LogP contribution in [0.2, 0.25) is 4.34 Å². The molecule has 0 aliphatic heterocycles. The topological polar surface area (TPSA) is 55.4 Å². The molecule has 2 rings (SSSR count). The highest BCUT2D eigenvalue weighted by molar-refractivity contribution is 9.10. The number of anilines is 1. The first-order chi connectivity index (χ1) is 9.33. The quantitative estimate of drug-likeness (QED) is 0.839. The summed E-state index contributed by atoms with van der Waals surface area (Å²) in [5, 5.41) is 0. The highest BCUT2D eigenvalue weighted by Gasteiger charge is 2.20. The fourth-order valence-electron chi connectivity index (χ4n) is 1.52. The van der Waals surface area contributed by atoms with Crippen LogP contribution in [0.3, 0.4) is 0 Å². The summed E-state index contributed by atoms with van der Waals surface area (Å²) in [6.07, 6.45) is 0. The molecular formula is C12H11BrClNO3S2. The second-order valence-corrected chi connectivity index (χ2v) is 8.45. The molecule has 1 N–H and O–H groups in total. The smallest absolute Gasteiger partial charge is 0.271 e. The average Bonchev–Trinajstić information content (AvgIpc) is 2.70. The van der Waals surface area contributed by atoms with E-state index in [-0.39, 0.29) is 4.21 Å². The van der Waals surface area contributed by atoms with Crippen molar-refractivity contribution in [1.29, 1.82) is 0 Å². The summed E-state index contributed by atoms with van der Waals surface area (Å²) < 4.78 is 33.7. The van der Waals surface area contributed by atoms with Crippen LogP contribution in [0.4, 0.5) is 5.69 Å². The van der Waals surface area contributed by atoms with Gasteiger partial charge in [-0.3, -0.25) is 4.72 Å². The van der Waals surface area contributed by atoms with E-state index in [1.54, 1.807) is 31.2 Å². The first-order valence-electron chi connectivity index (χ1n) is 5.46. The molecule has 0 saturated heterocycles. The Morgan fingerprint density at radius 2 is 2.05 bits per heavy atom. The van der Waals surface area contributed by atoms with E-state index in [1.807, 2.05) is 0 Å². The van der Waals surface area contributed by atoms with E-state index in [1.165, 1.54) is 7.11 Å². The Balaban J connectivity index is 2.40. The van der Waals surface area contributed by atoms with Gasteiger partial charge in [-0.25, -0.2) is 8.42 Å². The van der Waals surface area contributed by atoms with E-state index in [0.717, 1.165) is 21.4 Å². The molecule has 8 heteroatoms. The predicted molar refractivity (Wildman–Crippen MR) is 85.6 cm³/mol. The number of halogens is 2. The van der Waals surface area contributed by atoms with Gasteiger partial charge in [0.2, 0.25) is 0 Å². The van der Waals surface area contributed by atoms with Gasteiger partial charge in [0.05, 0.1) is 17.1 Å². The van der Waals surface area contributed by atoms with Crippen molar-refractivity contribution in [3.8, 4) is 5.75 Å². The Kier molecular flexibility index (Phi) is 4.63. The highest BCUT2D eigenvalue weighted by Crippen LogP contribution is 2.34. The molecule has 0 spiro atoms. The van der Waals surface area contributed by atoms with Crippen molar-refractivity contribution in [2.45, 2.75) is 11.1 Å². The number of aryl methyl sites for hydroxylation is 1. The van der Waals surface area contributed by atoms with Crippen molar-refractivity contribution in [3.63, 3.8) is 0 Å². The van der Waals surface area contributed by atoms with E-state index < -0.39 is 10.0 Å². The third kappa shape index (κ3) is 3.28. The molecule has 1 heterocycles. The van der Waals surface area contributed by atoms with Crippen molar-refractivity contribution in [2.75, 3.05) is 11.8 Å². The number of ether oxygens (including phenoxy) is 1. The number of benzene rings is 1. The number of methoxy groups -OCH3 is 1. The van der Waals surface area contributed by atoms with E-state index in [9.17, 15) is 8.42 Å². The lowest BCUT2D eigenvalue weighted by Gasteiger charge is -2.11. The molecule has 0 aliphatic carbocycles. The zero-order valence-electron chi connectivity index (χ0n) is 10.6. The van der Waals surface area contributed by atoms with E-state index in [4.69, 9.17) is 16.3 Å². The lowest BCUT2D eigenvalue weighted by Crippen LogP contribution is -2.12. The largest absolute Gasteiger partial charge is 0.495 e. The molecule has 0 atom stereocenters. The molecular weight excluding hydrogens is 386 g/mol. The lowest BCUT2D eigenvalue weighted by atomic mass is 10.3. The summed E-state index contributed by atoms with van der Waals surface area (Å²) in [5.41, 5.74) is 1.10. The van der Waals surface area contributed by atoms with Gasteiger partial charge in [0.15, 0.2) is 0 Å². The number of rotatable bonds is 4. The van der Waals surface area contributed by atoms with Crippen LogP contribution in [0.1, 0.15) is 5.56 Å². The van der Waals surface area contributed by atoms with Crippen molar-refractivity contribution >= 4 is 54.6 Å². The first kappa shape index (κ1) is 15.6. The number of hydrogen-bond acceptors (Lipinski definition) is 4. The Morgan fingerprint density at radius 3 is 2.60 bits per heavy atom. The average molecular weight is 397 g/mol. The zero-order chi connectivity index (χ0) is 14.9. The van der Waals surface area contributed by atoms with Gasteiger partial charge < -0.3 is 4.74 Å². The second kappa shape index (κ2) is 5.93. The van der Waals surface area contributed by atoms with Crippen molar-refractivity contribution < 1.29 is 13.2 Å². The highest BCUT2D eigenvalue weighted by atomic mass is 79.9. The molecule has 1 aromatic carbocycles. The summed E-state index contributed by atoms with van der Waals surface area (Å²) >= 11 is 10.2. The van der Waals surface area contributed by atoms with Crippen LogP contribution in [0, 0.1) is 6.92 Å². The Morgan fingerprint density at radius 1 is 1.35 bits per heavy atom. The summed E-state index contributed by atoms with van der Waals surface area (Å²) in [5.74, 6) is 0.441. The minimum Gasteiger partial charge on any atom is -0.495 e. The zero-order valence-corrected chi connectivity index (χ0v) is 14.6. The minimum atomic E-state index is -3.68. The van der Waals surface area contributed by atoms with Crippen LogP contribution in [-0.4, -0.2) is 15.5 Å². The van der Waals surface area contributed by atoms with Crippen LogP contribution < -0.4 is 9.46 Å². The minimum absolute atomic E-state index is 0.169. The molecule has 20 heavy (non-hydrogen) atoms. The van der Waals surface area contributed by atoms with Gasteiger partial charge in [-0.15, -0.1) is 11.3 Å². The molecule has 0 fully saturated rings. The monoisotopic (exact) mass is 395 g/mol. The number of nitrogens with one attached hydrogen (secondary N) is 1. The van der Waals surface area contributed by atoms with Crippen molar-refractivity contribution in [1.82, 2.24) is 0 Å². The number of sulfonamides is 1. The van der Waals surface area contributed by atoms with Gasteiger partial charge in [-0.1, -0.05) is 27.5 Å². The maximum Gasteiger partial charge on any atom is 0.271 e. The van der Waals surface area contributed by atoms with Crippen LogP contribution >= 0.6 is 38.9 Å². The van der Waals surface area contributed by atoms with Gasteiger partial charge in [-0.05, 0) is 36.8 Å². The Labute approximate surface area is 134 Å².